The van der Waals surface area contributed by atoms with Crippen LogP contribution in [0.15, 0.2) is 43.7 Å². The van der Waals surface area contributed by atoms with Crippen LogP contribution in [-0.2, 0) is 17.9 Å². The van der Waals surface area contributed by atoms with Gasteiger partial charge in [-0.15, -0.1) is 11.3 Å². The molecule has 0 fully saturated rings. The zero-order valence-corrected chi connectivity index (χ0v) is 16.1. The van der Waals surface area contributed by atoms with Gasteiger partial charge in [0.15, 0.2) is 0 Å². The predicted octanol–water partition coefficient (Wildman–Crippen LogP) is 2.95. The fourth-order valence-corrected chi connectivity index (χ4v) is 4.06. The Morgan fingerprint density at radius 2 is 2.00 bits per heavy atom. The van der Waals surface area contributed by atoms with Gasteiger partial charge >= 0.3 is 5.69 Å². The van der Waals surface area contributed by atoms with Crippen LogP contribution >= 0.6 is 27.3 Å². The Labute approximate surface area is 155 Å². The van der Waals surface area contributed by atoms with Gasteiger partial charge in [-0.25, -0.2) is 4.79 Å². The normalized spacial score (nSPS) is 11.0. The molecule has 3 aromatic rings. The summed E-state index contributed by atoms with van der Waals surface area (Å²) in [5, 5.41) is 4.54. The Hall–Kier alpha value is -2.19. The third-order valence-corrected chi connectivity index (χ3v) is 5.40. The molecule has 1 amide bonds. The molecule has 3 rings (SSSR count). The van der Waals surface area contributed by atoms with Crippen molar-refractivity contribution in [2.75, 3.05) is 5.32 Å². The van der Waals surface area contributed by atoms with Gasteiger partial charge in [-0.2, -0.15) is 0 Å². The highest BCUT2D eigenvalue weighted by Crippen LogP contribution is 2.23. The van der Waals surface area contributed by atoms with Crippen LogP contribution in [0.3, 0.4) is 0 Å². The number of rotatable bonds is 4. The highest BCUT2D eigenvalue weighted by Gasteiger charge is 2.16. The largest absolute Gasteiger partial charge is 0.331 e. The number of hydrogen-bond donors (Lipinski definition) is 1. The number of amides is 1. The average molecular weight is 422 g/mol. The molecule has 0 unspecified atom stereocenters. The minimum absolute atomic E-state index is 0.160. The summed E-state index contributed by atoms with van der Waals surface area (Å²) >= 11 is 4.68. The Kier molecular flexibility index (Phi) is 4.91. The van der Waals surface area contributed by atoms with Gasteiger partial charge in [0.05, 0.1) is 11.2 Å². The molecule has 0 bridgehead atoms. The van der Waals surface area contributed by atoms with E-state index in [2.05, 4.69) is 21.2 Å². The van der Waals surface area contributed by atoms with Gasteiger partial charge in [0, 0.05) is 11.0 Å². The van der Waals surface area contributed by atoms with Crippen LogP contribution in [0.2, 0.25) is 0 Å². The van der Waals surface area contributed by atoms with Crippen molar-refractivity contribution >= 4 is 49.1 Å². The number of carbonyl (C=O) groups is 1. The molecule has 130 valence electrons. The summed E-state index contributed by atoms with van der Waals surface area (Å²) in [6.45, 7) is 3.79. The number of aromatic nitrogens is 2. The van der Waals surface area contributed by atoms with Gasteiger partial charge in [-0.05, 0) is 58.9 Å². The third kappa shape index (κ3) is 3.32. The maximum atomic E-state index is 12.6. The molecule has 0 spiro atoms. The number of nitrogens with one attached hydrogen (secondary N) is 1. The SMILES string of the molecule is CCn1c(=O)c2sccc2n(CC(=O)Nc2ccc(C)cc2Br)c1=O. The summed E-state index contributed by atoms with van der Waals surface area (Å²) in [6.07, 6.45) is 0. The lowest BCUT2D eigenvalue weighted by Gasteiger charge is -2.12. The van der Waals surface area contributed by atoms with E-state index < -0.39 is 5.69 Å². The van der Waals surface area contributed by atoms with E-state index in [1.54, 1.807) is 24.4 Å². The second-order valence-electron chi connectivity index (χ2n) is 5.58. The molecule has 1 N–H and O–H groups in total. The van der Waals surface area contributed by atoms with Crippen molar-refractivity contribution in [1.82, 2.24) is 9.13 Å². The molecule has 0 aliphatic carbocycles. The molecular formula is C17H16BrN3O3S. The molecule has 2 heterocycles. The third-order valence-electron chi connectivity index (χ3n) is 3.85. The van der Waals surface area contributed by atoms with Crippen molar-refractivity contribution in [2.24, 2.45) is 0 Å². The standard InChI is InChI=1S/C17H16BrN3O3S/c1-3-20-16(23)15-13(6-7-25-15)21(17(20)24)9-14(22)19-12-5-4-10(2)8-11(12)18/h4-8H,3,9H2,1-2H3,(H,19,22). The molecule has 6 nitrogen and oxygen atoms in total. The first-order valence-electron chi connectivity index (χ1n) is 7.69. The Morgan fingerprint density at radius 3 is 2.68 bits per heavy atom. The van der Waals surface area contributed by atoms with Crippen molar-refractivity contribution < 1.29 is 4.79 Å². The maximum Gasteiger partial charge on any atom is 0.331 e. The van der Waals surface area contributed by atoms with E-state index in [9.17, 15) is 14.4 Å². The topological polar surface area (TPSA) is 73.1 Å². The zero-order valence-electron chi connectivity index (χ0n) is 13.7. The quantitative estimate of drug-likeness (QED) is 0.703. The number of anilines is 1. The van der Waals surface area contributed by atoms with E-state index in [4.69, 9.17) is 0 Å². The summed E-state index contributed by atoms with van der Waals surface area (Å²) in [5.41, 5.74) is 1.40. The van der Waals surface area contributed by atoms with Gasteiger partial charge in [-0.3, -0.25) is 18.7 Å². The molecular weight excluding hydrogens is 406 g/mol. The van der Waals surface area contributed by atoms with Gasteiger partial charge in [0.1, 0.15) is 11.2 Å². The summed E-state index contributed by atoms with van der Waals surface area (Å²) in [5.74, 6) is -0.333. The Morgan fingerprint density at radius 1 is 1.24 bits per heavy atom. The van der Waals surface area contributed by atoms with Gasteiger partial charge in [0.25, 0.3) is 5.56 Å². The van der Waals surface area contributed by atoms with Crippen LogP contribution in [0.25, 0.3) is 10.2 Å². The predicted molar refractivity (Wildman–Crippen MR) is 104 cm³/mol. The molecule has 0 saturated heterocycles. The van der Waals surface area contributed by atoms with E-state index in [1.807, 2.05) is 19.1 Å². The van der Waals surface area contributed by atoms with Crippen molar-refractivity contribution in [2.45, 2.75) is 26.9 Å². The second kappa shape index (κ2) is 6.97. The first kappa shape index (κ1) is 17.6. The lowest BCUT2D eigenvalue weighted by atomic mass is 10.2. The number of hydrogen-bond acceptors (Lipinski definition) is 4. The summed E-state index contributed by atoms with van der Waals surface area (Å²) in [7, 11) is 0. The lowest BCUT2D eigenvalue weighted by molar-refractivity contribution is -0.116. The summed E-state index contributed by atoms with van der Waals surface area (Å²) in [6, 6.07) is 7.28. The fraction of sp³-hybridized carbons (Fsp3) is 0.235. The molecule has 2 aromatic heterocycles. The lowest BCUT2D eigenvalue weighted by Crippen LogP contribution is -2.40. The molecule has 0 radical (unpaired) electrons. The van der Waals surface area contributed by atoms with E-state index in [0.29, 0.717) is 15.9 Å². The molecule has 0 atom stereocenters. The highest BCUT2D eigenvalue weighted by atomic mass is 79.9. The van der Waals surface area contributed by atoms with Crippen LogP contribution in [0.5, 0.6) is 0 Å². The van der Waals surface area contributed by atoms with Crippen LogP contribution in [0, 0.1) is 6.92 Å². The van der Waals surface area contributed by atoms with E-state index in [0.717, 1.165) is 14.6 Å². The second-order valence-corrected chi connectivity index (χ2v) is 7.36. The number of carbonyl (C=O) groups excluding carboxylic acids is 1. The van der Waals surface area contributed by atoms with Crippen LogP contribution in [-0.4, -0.2) is 15.0 Å². The first-order valence-corrected chi connectivity index (χ1v) is 9.36. The Balaban J connectivity index is 1.97. The fourth-order valence-electron chi connectivity index (χ4n) is 2.62. The maximum absolute atomic E-state index is 12.6. The van der Waals surface area contributed by atoms with Crippen LogP contribution in [0.1, 0.15) is 12.5 Å². The van der Waals surface area contributed by atoms with Crippen molar-refractivity contribution in [3.8, 4) is 0 Å². The minimum Gasteiger partial charge on any atom is -0.324 e. The summed E-state index contributed by atoms with van der Waals surface area (Å²) in [4.78, 5) is 37.3. The Bertz CT molecular complexity index is 1080. The number of thiophene rings is 1. The van der Waals surface area contributed by atoms with Crippen LogP contribution in [0.4, 0.5) is 5.69 Å². The highest BCUT2D eigenvalue weighted by molar-refractivity contribution is 9.10. The van der Waals surface area contributed by atoms with E-state index in [-0.39, 0.29) is 24.6 Å². The number of nitrogens with zero attached hydrogens (tertiary/aromatic N) is 2. The minimum atomic E-state index is -0.475. The monoisotopic (exact) mass is 421 g/mol. The molecule has 0 aliphatic rings. The number of benzene rings is 1. The first-order chi connectivity index (χ1) is 11.9. The van der Waals surface area contributed by atoms with Crippen LogP contribution < -0.4 is 16.6 Å². The van der Waals surface area contributed by atoms with Gasteiger partial charge < -0.3 is 5.32 Å². The van der Waals surface area contributed by atoms with E-state index in [1.165, 1.54) is 15.9 Å². The zero-order chi connectivity index (χ0) is 18.1. The number of fused-ring (bicyclic) bond motifs is 1. The average Bonchev–Trinajstić information content (AvgIpc) is 3.04. The van der Waals surface area contributed by atoms with Crippen molar-refractivity contribution in [3.05, 3.63) is 60.5 Å². The van der Waals surface area contributed by atoms with Crippen molar-refractivity contribution in [3.63, 3.8) is 0 Å². The number of halogens is 1. The van der Waals surface area contributed by atoms with Gasteiger partial charge in [-0.1, -0.05) is 6.07 Å². The van der Waals surface area contributed by atoms with Crippen molar-refractivity contribution in [1.29, 1.82) is 0 Å². The number of aryl methyl sites for hydroxylation is 1. The molecule has 0 aliphatic heterocycles. The molecule has 1 aromatic carbocycles. The van der Waals surface area contributed by atoms with Gasteiger partial charge in [0.2, 0.25) is 5.91 Å². The molecule has 8 heteroatoms. The van der Waals surface area contributed by atoms with E-state index >= 15 is 0 Å². The molecule has 0 saturated carbocycles. The summed E-state index contributed by atoms with van der Waals surface area (Å²) < 4.78 is 3.74. The molecule has 25 heavy (non-hydrogen) atoms. The smallest absolute Gasteiger partial charge is 0.324 e.